The minimum atomic E-state index is 0. The first-order valence-corrected chi connectivity index (χ1v) is 7.31. The quantitative estimate of drug-likeness (QED) is 0.551. The molecule has 100 valence electrons. The summed E-state index contributed by atoms with van der Waals surface area (Å²) in [6.45, 7) is 4.59. The van der Waals surface area contributed by atoms with E-state index in [0.717, 1.165) is 5.92 Å². The largest absolute Gasteiger partial charge is 1.00 e. The number of hydrogen-bond acceptors (Lipinski definition) is 0. The van der Waals surface area contributed by atoms with Crippen LogP contribution in [0.2, 0.25) is 0 Å². The van der Waals surface area contributed by atoms with E-state index in [4.69, 9.17) is 0 Å². The summed E-state index contributed by atoms with van der Waals surface area (Å²) in [7, 11) is 0. The van der Waals surface area contributed by atoms with Crippen LogP contribution in [0.1, 0.15) is 44.2 Å². The van der Waals surface area contributed by atoms with E-state index in [9.17, 15) is 0 Å². The van der Waals surface area contributed by atoms with Gasteiger partial charge < -0.3 is 0 Å². The van der Waals surface area contributed by atoms with Crippen molar-refractivity contribution in [1.82, 2.24) is 0 Å². The topological polar surface area (TPSA) is 0 Å². The monoisotopic (exact) mass is 258 g/mol. The van der Waals surface area contributed by atoms with Gasteiger partial charge in [0.05, 0.1) is 0 Å². The first kappa shape index (κ1) is 17.0. The Bertz CT molecular complexity index is 420. The van der Waals surface area contributed by atoms with Crippen LogP contribution in [-0.2, 0) is 0 Å². The van der Waals surface area contributed by atoms with Crippen LogP contribution in [0.15, 0.2) is 60.7 Å². The van der Waals surface area contributed by atoms with E-state index in [1.54, 1.807) is 0 Å². The van der Waals surface area contributed by atoms with E-state index in [1.165, 1.54) is 36.3 Å². The second-order valence-corrected chi connectivity index (χ2v) is 5.10. The molecule has 0 bridgehead atoms. The third-order valence-electron chi connectivity index (χ3n) is 3.89. The molecule has 0 N–H and O–H groups in total. The average Bonchev–Trinajstić information content (AvgIpc) is 2.50. The van der Waals surface area contributed by atoms with Crippen molar-refractivity contribution in [1.29, 1.82) is 0 Å². The molecule has 0 spiro atoms. The molecule has 1 heteroatoms. The van der Waals surface area contributed by atoms with Gasteiger partial charge in [-0.3, -0.25) is 0 Å². The Balaban J connectivity index is 0.00000200. The predicted octanol–water partition coefficient (Wildman–Crippen LogP) is 2.49. The van der Waals surface area contributed by atoms with Crippen LogP contribution in [0.25, 0.3) is 0 Å². The zero-order valence-electron chi connectivity index (χ0n) is 13.0. The molecule has 0 unspecified atom stereocenters. The fourth-order valence-electron chi connectivity index (χ4n) is 2.55. The van der Waals surface area contributed by atoms with Gasteiger partial charge in [-0.1, -0.05) is 69.5 Å². The van der Waals surface area contributed by atoms with E-state index in [0.29, 0.717) is 0 Å². The first-order valence-electron chi connectivity index (χ1n) is 7.31. The number of hydrogen-bond donors (Lipinski definition) is 0. The van der Waals surface area contributed by atoms with Crippen molar-refractivity contribution >= 4 is 0 Å². The maximum Gasteiger partial charge on any atom is 1.00 e. The normalized spacial score (nSPS) is 10.2. The molecule has 0 aromatic heterocycles. The molecular formula is C19H23Li. The molecule has 20 heavy (non-hydrogen) atoms. The second kappa shape index (κ2) is 8.96. The molecule has 0 aliphatic rings. The second-order valence-electron chi connectivity index (χ2n) is 5.10. The van der Waals surface area contributed by atoms with Gasteiger partial charge in [0.15, 0.2) is 0 Å². The van der Waals surface area contributed by atoms with Crippen molar-refractivity contribution in [2.75, 3.05) is 0 Å². The van der Waals surface area contributed by atoms with E-state index < -0.39 is 0 Å². The Morgan fingerprint density at radius 1 is 0.750 bits per heavy atom. The summed E-state index contributed by atoms with van der Waals surface area (Å²) in [6, 6.07) is 21.6. The van der Waals surface area contributed by atoms with Gasteiger partial charge in [0.25, 0.3) is 0 Å². The zero-order chi connectivity index (χ0) is 13.5. The van der Waals surface area contributed by atoms with Crippen molar-refractivity contribution in [2.24, 2.45) is 5.92 Å². The Kier molecular flexibility index (Phi) is 7.59. The molecule has 0 radical (unpaired) electrons. The molecular weight excluding hydrogens is 235 g/mol. The molecule has 0 aliphatic carbocycles. The van der Waals surface area contributed by atoms with Crippen molar-refractivity contribution < 1.29 is 18.9 Å². The van der Waals surface area contributed by atoms with Gasteiger partial charge in [0, 0.05) is 0 Å². The van der Waals surface area contributed by atoms with Crippen molar-refractivity contribution in [2.45, 2.75) is 33.1 Å². The minimum absolute atomic E-state index is 0. The molecule has 0 saturated heterocycles. The number of rotatable bonds is 6. The molecule has 0 heterocycles. The summed E-state index contributed by atoms with van der Waals surface area (Å²) >= 11 is 0. The predicted molar refractivity (Wildman–Crippen MR) is 83.0 cm³/mol. The van der Waals surface area contributed by atoms with Gasteiger partial charge in [0.2, 0.25) is 0 Å². The molecule has 0 fully saturated rings. The van der Waals surface area contributed by atoms with Crippen molar-refractivity contribution in [3.8, 4) is 0 Å². The summed E-state index contributed by atoms with van der Waals surface area (Å²) in [4.78, 5) is 0. The maximum absolute atomic E-state index is 2.29. The summed E-state index contributed by atoms with van der Waals surface area (Å²) < 4.78 is 0. The van der Waals surface area contributed by atoms with E-state index in [2.05, 4.69) is 74.5 Å². The Morgan fingerprint density at radius 2 is 1.15 bits per heavy atom. The third kappa shape index (κ3) is 4.48. The Morgan fingerprint density at radius 3 is 1.50 bits per heavy atom. The van der Waals surface area contributed by atoms with Crippen LogP contribution in [0.5, 0.6) is 0 Å². The van der Waals surface area contributed by atoms with Crippen LogP contribution < -0.4 is 18.9 Å². The van der Waals surface area contributed by atoms with Gasteiger partial charge in [-0.2, -0.15) is 0 Å². The average molecular weight is 258 g/mol. The molecule has 0 saturated carbocycles. The standard InChI is InChI=1S/C19H23.Li/c1-3-16(4-2)15-19(17-11-7-5-8-12-17)18-13-9-6-10-14-18;/h5-14,16H,3-4,15H2,1-2H3;/q-1;+1. The molecule has 0 aliphatic heterocycles. The first-order chi connectivity index (χ1) is 9.35. The zero-order valence-corrected chi connectivity index (χ0v) is 13.0. The van der Waals surface area contributed by atoms with E-state index in [1.807, 2.05) is 0 Å². The summed E-state index contributed by atoms with van der Waals surface area (Å²) in [5, 5.41) is 0. The van der Waals surface area contributed by atoms with Crippen LogP contribution in [0.4, 0.5) is 0 Å². The van der Waals surface area contributed by atoms with Gasteiger partial charge >= 0.3 is 18.9 Å². The third-order valence-corrected chi connectivity index (χ3v) is 3.89. The molecule has 0 amide bonds. The van der Waals surface area contributed by atoms with Crippen molar-refractivity contribution in [3.63, 3.8) is 0 Å². The van der Waals surface area contributed by atoms with Crippen LogP contribution in [0, 0.1) is 11.8 Å². The molecule has 2 aromatic rings. The van der Waals surface area contributed by atoms with Crippen LogP contribution in [-0.4, -0.2) is 0 Å². The van der Waals surface area contributed by atoms with Gasteiger partial charge in [0.1, 0.15) is 0 Å². The van der Waals surface area contributed by atoms with Gasteiger partial charge in [-0.15, -0.1) is 41.3 Å². The fourth-order valence-corrected chi connectivity index (χ4v) is 2.55. The Labute approximate surface area is 135 Å². The smallest absolute Gasteiger partial charge is 0.120 e. The van der Waals surface area contributed by atoms with E-state index >= 15 is 0 Å². The van der Waals surface area contributed by atoms with Gasteiger partial charge in [-0.05, 0) is 5.92 Å². The molecule has 2 rings (SSSR count). The molecule has 2 aromatic carbocycles. The fraction of sp³-hybridized carbons (Fsp3) is 0.316. The maximum atomic E-state index is 2.29. The summed E-state index contributed by atoms with van der Waals surface area (Å²) in [5.74, 6) is 2.25. The molecule has 0 nitrogen and oxygen atoms in total. The Hall–Kier alpha value is -1.09. The summed E-state index contributed by atoms with van der Waals surface area (Å²) in [5.41, 5.74) is 2.72. The van der Waals surface area contributed by atoms with Crippen LogP contribution >= 0.6 is 0 Å². The summed E-state index contributed by atoms with van der Waals surface area (Å²) in [6.07, 6.45) is 3.67. The molecule has 0 atom stereocenters. The SMILES string of the molecule is CCC(CC)C[C-](c1ccccc1)c1ccccc1.[Li+]. The number of benzene rings is 2. The van der Waals surface area contributed by atoms with Crippen molar-refractivity contribution in [3.05, 3.63) is 77.7 Å². The minimum Gasteiger partial charge on any atom is -0.120 e. The van der Waals surface area contributed by atoms with Crippen LogP contribution in [0.3, 0.4) is 0 Å². The van der Waals surface area contributed by atoms with Gasteiger partial charge in [-0.25, -0.2) is 0 Å². The van der Waals surface area contributed by atoms with E-state index in [-0.39, 0.29) is 18.9 Å².